The number of hydrogen-bond donors (Lipinski definition) is 3. The van der Waals surface area contributed by atoms with Gasteiger partial charge in [0, 0.05) is 30.9 Å². The van der Waals surface area contributed by atoms with Crippen LogP contribution in [0.4, 0.5) is 10.7 Å². The number of fused-ring (bicyclic) bond motifs is 1. The molecule has 3 aromatic rings. The topological polar surface area (TPSA) is 140 Å². The summed E-state index contributed by atoms with van der Waals surface area (Å²) in [5, 5.41) is 6.01. The number of rotatable bonds is 8. The van der Waals surface area contributed by atoms with Crippen LogP contribution in [0.3, 0.4) is 0 Å². The highest BCUT2D eigenvalue weighted by Crippen LogP contribution is 2.32. The van der Waals surface area contributed by atoms with Crippen molar-refractivity contribution in [1.82, 2.24) is 25.5 Å². The molecule has 44 heavy (non-hydrogen) atoms. The van der Waals surface area contributed by atoms with Gasteiger partial charge in [-0.2, -0.15) is 0 Å². The number of aromatic nitrogens is 2. The number of aryl methyl sites for hydroxylation is 1. The van der Waals surface area contributed by atoms with Gasteiger partial charge in [-0.1, -0.05) is 60.7 Å². The fourth-order valence-electron chi connectivity index (χ4n) is 6.24. The molecule has 1 saturated heterocycles. The van der Waals surface area contributed by atoms with Crippen LogP contribution in [0.5, 0.6) is 0 Å². The number of nitrogens with zero attached hydrogens (tertiary/aromatic N) is 3. The minimum Gasteiger partial charge on any atom is -0.444 e. The SMILES string of the molecule is CC(C)(C)OC(=O)N[C@@H](C(=O)N1CCC[C@H]1C(=O)NCC1CCc2nc(N)ncc2C1)C(c1ccccc1)c1ccccc1. The maximum Gasteiger partial charge on any atom is 0.408 e. The van der Waals surface area contributed by atoms with Gasteiger partial charge in [0.25, 0.3) is 0 Å². The minimum atomic E-state index is -0.995. The predicted molar refractivity (Wildman–Crippen MR) is 168 cm³/mol. The number of carbonyl (C=O) groups is 3. The molecule has 2 aromatic carbocycles. The molecular formula is C34H42N6O4. The first-order valence-corrected chi connectivity index (χ1v) is 15.4. The van der Waals surface area contributed by atoms with Crippen LogP contribution >= 0.6 is 0 Å². The van der Waals surface area contributed by atoms with Gasteiger partial charge in [0.1, 0.15) is 17.7 Å². The number of nitrogen functional groups attached to an aromatic ring is 1. The van der Waals surface area contributed by atoms with Crippen LogP contribution in [-0.2, 0) is 27.2 Å². The summed E-state index contributed by atoms with van der Waals surface area (Å²) in [6.07, 6.45) is 4.77. The van der Waals surface area contributed by atoms with Crippen molar-refractivity contribution in [1.29, 1.82) is 0 Å². The van der Waals surface area contributed by atoms with E-state index in [0.717, 1.165) is 41.6 Å². The van der Waals surface area contributed by atoms with Crippen LogP contribution in [0.2, 0.25) is 0 Å². The average Bonchev–Trinajstić information content (AvgIpc) is 3.50. The number of alkyl carbamates (subject to hydrolysis) is 1. The highest BCUT2D eigenvalue weighted by Gasteiger charge is 2.42. The Morgan fingerprint density at radius 2 is 1.68 bits per heavy atom. The summed E-state index contributed by atoms with van der Waals surface area (Å²) in [5.74, 6) is -0.468. The van der Waals surface area contributed by atoms with Crippen molar-refractivity contribution < 1.29 is 19.1 Å². The molecule has 2 heterocycles. The highest BCUT2D eigenvalue weighted by atomic mass is 16.6. The van der Waals surface area contributed by atoms with Crippen molar-refractivity contribution in [3.05, 3.63) is 89.2 Å². The van der Waals surface area contributed by atoms with E-state index in [1.165, 1.54) is 0 Å². The molecule has 10 heteroatoms. The highest BCUT2D eigenvalue weighted by molar-refractivity contribution is 5.93. The molecule has 3 atom stereocenters. The van der Waals surface area contributed by atoms with Crippen molar-refractivity contribution in [2.24, 2.45) is 5.92 Å². The predicted octanol–water partition coefficient (Wildman–Crippen LogP) is 4.00. The van der Waals surface area contributed by atoms with Crippen molar-refractivity contribution in [2.75, 3.05) is 18.8 Å². The normalized spacial score (nSPS) is 18.8. The third kappa shape index (κ3) is 7.53. The number of amides is 3. The monoisotopic (exact) mass is 598 g/mol. The number of carbonyl (C=O) groups excluding carboxylic acids is 3. The molecule has 2 aliphatic rings. The Morgan fingerprint density at radius 1 is 1.02 bits per heavy atom. The molecule has 1 aliphatic carbocycles. The molecule has 1 aromatic heterocycles. The second-order valence-corrected chi connectivity index (χ2v) is 12.7. The van der Waals surface area contributed by atoms with Crippen LogP contribution in [-0.4, -0.2) is 63.5 Å². The van der Waals surface area contributed by atoms with E-state index in [4.69, 9.17) is 10.5 Å². The summed E-state index contributed by atoms with van der Waals surface area (Å²) in [7, 11) is 0. The Hall–Kier alpha value is -4.47. The van der Waals surface area contributed by atoms with Gasteiger partial charge >= 0.3 is 6.09 Å². The second kappa shape index (κ2) is 13.4. The van der Waals surface area contributed by atoms with E-state index in [2.05, 4.69) is 20.6 Å². The lowest BCUT2D eigenvalue weighted by Gasteiger charge is -2.34. The molecule has 1 unspecified atom stereocenters. The third-order valence-corrected chi connectivity index (χ3v) is 8.26. The maximum absolute atomic E-state index is 14.5. The van der Waals surface area contributed by atoms with Crippen LogP contribution in [0, 0.1) is 5.92 Å². The summed E-state index contributed by atoms with van der Waals surface area (Å²) in [6, 6.07) is 17.7. The molecule has 232 valence electrons. The summed E-state index contributed by atoms with van der Waals surface area (Å²) >= 11 is 0. The number of nitrogens with one attached hydrogen (secondary N) is 2. The standard InChI is InChI=1S/C34H42N6O4/c1-34(2,3)44-33(43)39-29(28(23-11-6-4-7-12-23)24-13-8-5-9-14-24)31(42)40-18-10-15-27(40)30(41)36-20-22-16-17-26-25(19-22)21-37-32(35)38-26/h4-9,11-14,21-22,27-29H,10,15-20H2,1-3H3,(H,36,41)(H,39,43)(H2,35,37,38)/t22?,27-,29+/m0/s1. The summed E-state index contributed by atoms with van der Waals surface area (Å²) in [6.45, 7) is 6.27. The summed E-state index contributed by atoms with van der Waals surface area (Å²) in [4.78, 5) is 51.3. The number of nitrogens with two attached hydrogens (primary N) is 1. The first-order chi connectivity index (χ1) is 21.1. The average molecular weight is 599 g/mol. The zero-order valence-electron chi connectivity index (χ0n) is 25.7. The van der Waals surface area contributed by atoms with Gasteiger partial charge in [0.05, 0.1) is 0 Å². The number of ether oxygens (including phenoxy) is 1. The van der Waals surface area contributed by atoms with Crippen LogP contribution < -0.4 is 16.4 Å². The summed E-state index contributed by atoms with van der Waals surface area (Å²) in [5.41, 5.74) is 8.77. The zero-order chi connectivity index (χ0) is 31.3. The van der Waals surface area contributed by atoms with E-state index in [1.807, 2.05) is 60.7 Å². The van der Waals surface area contributed by atoms with Gasteiger partial charge in [-0.15, -0.1) is 0 Å². The Morgan fingerprint density at radius 3 is 2.32 bits per heavy atom. The van der Waals surface area contributed by atoms with Gasteiger partial charge in [-0.3, -0.25) is 9.59 Å². The first kappa shape index (κ1) is 31.0. The third-order valence-electron chi connectivity index (χ3n) is 8.26. The van der Waals surface area contributed by atoms with Crippen LogP contribution in [0.25, 0.3) is 0 Å². The molecule has 1 fully saturated rings. The van der Waals surface area contributed by atoms with Crippen LogP contribution in [0.1, 0.15) is 68.3 Å². The summed E-state index contributed by atoms with van der Waals surface area (Å²) < 4.78 is 5.60. The van der Waals surface area contributed by atoms with Gasteiger partial charge in [-0.05, 0) is 75.5 Å². The molecule has 1 aliphatic heterocycles. The molecule has 4 N–H and O–H groups in total. The van der Waals surface area contributed by atoms with E-state index in [1.54, 1.807) is 31.9 Å². The first-order valence-electron chi connectivity index (χ1n) is 15.4. The lowest BCUT2D eigenvalue weighted by molar-refractivity contribution is -0.140. The number of hydrogen-bond acceptors (Lipinski definition) is 7. The van der Waals surface area contributed by atoms with Gasteiger partial charge in [0.15, 0.2) is 0 Å². The molecule has 3 amide bonds. The van der Waals surface area contributed by atoms with Crippen molar-refractivity contribution >= 4 is 23.9 Å². The molecule has 0 spiro atoms. The largest absolute Gasteiger partial charge is 0.444 e. The smallest absolute Gasteiger partial charge is 0.408 e. The van der Waals surface area contributed by atoms with Gasteiger partial charge < -0.3 is 26.0 Å². The minimum absolute atomic E-state index is 0.179. The Kier molecular flexibility index (Phi) is 9.46. The maximum atomic E-state index is 14.5. The second-order valence-electron chi connectivity index (χ2n) is 12.7. The molecule has 0 bridgehead atoms. The van der Waals surface area contributed by atoms with Crippen molar-refractivity contribution in [3.8, 4) is 0 Å². The molecule has 0 saturated carbocycles. The fraction of sp³-hybridized carbons (Fsp3) is 0.441. The van der Waals surface area contributed by atoms with Crippen molar-refractivity contribution in [3.63, 3.8) is 0 Å². The zero-order valence-corrected chi connectivity index (χ0v) is 25.7. The van der Waals surface area contributed by atoms with E-state index in [9.17, 15) is 14.4 Å². The van der Waals surface area contributed by atoms with Crippen molar-refractivity contribution in [2.45, 2.75) is 76.5 Å². The number of anilines is 1. The van der Waals surface area contributed by atoms with Crippen LogP contribution in [0.15, 0.2) is 66.9 Å². The Labute approximate surface area is 258 Å². The fourth-order valence-corrected chi connectivity index (χ4v) is 6.24. The van der Waals surface area contributed by atoms with E-state index < -0.39 is 29.7 Å². The number of benzene rings is 2. The molecule has 10 nitrogen and oxygen atoms in total. The van der Waals surface area contributed by atoms with Gasteiger partial charge in [-0.25, -0.2) is 14.8 Å². The lowest BCUT2D eigenvalue weighted by Crippen LogP contribution is -2.56. The molecular weight excluding hydrogens is 556 g/mol. The Balaban J connectivity index is 1.36. The molecule has 5 rings (SSSR count). The quantitative estimate of drug-likeness (QED) is 0.356. The molecule has 0 radical (unpaired) electrons. The van der Waals surface area contributed by atoms with E-state index in [-0.39, 0.29) is 23.7 Å². The Bertz CT molecular complexity index is 1420. The van der Waals surface area contributed by atoms with E-state index >= 15 is 0 Å². The van der Waals surface area contributed by atoms with E-state index in [0.29, 0.717) is 25.9 Å². The number of likely N-dealkylation sites (tertiary alicyclic amines) is 1. The van der Waals surface area contributed by atoms with Gasteiger partial charge in [0.2, 0.25) is 17.8 Å². The lowest BCUT2D eigenvalue weighted by atomic mass is 9.84.